The number of likely N-dealkylation sites (N-methyl/N-ethyl adjacent to an activating group) is 1. The van der Waals surface area contributed by atoms with Gasteiger partial charge in [0.15, 0.2) is 0 Å². The van der Waals surface area contributed by atoms with Crippen LogP contribution in [0.2, 0.25) is 0 Å². The normalized spacial score (nSPS) is 17.8. The van der Waals surface area contributed by atoms with Crippen molar-refractivity contribution in [1.29, 1.82) is 5.26 Å². The van der Waals surface area contributed by atoms with Gasteiger partial charge in [-0.1, -0.05) is 0 Å². The highest BCUT2D eigenvalue weighted by molar-refractivity contribution is 5.79. The van der Waals surface area contributed by atoms with Crippen LogP contribution >= 0.6 is 0 Å². The Kier molecular flexibility index (Phi) is 3.72. The molecule has 0 aliphatic carbocycles. The van der Waals surface area contributed by atoms with Crippen molar-refractivity contribution in [2.24, 2.45) is 0 Å². The molecule has 5 nitrogen and oxygen atoms in total. The lowest BCUT2D eigenvalue weighted by Gasteiger charge is -2.39. The van der Waals surface area contributed by atoms with Crippen molar-refractivity contribution < 1.29 is 9.90 Å². The number of piperidine rings is 1. The Morgan fingerprint density at radius 1 is 1.37 bits per heavy atom. The van der Waals surface area contributed by atoms with Crippen LogP contribution in [0, 0.1) is 11.3 Å². The van der Waals surface area contributed by atoms with Crippen molar-refractivity contribution in [2.45, 2.75) is 18.4 Å². The Labute approximate surface area is 112 Å². The van der Waals surface area contributed by atoms with Gasteiger partial charge in [-0.15, -0.1) is 0 Å². The number of aliphatic carboxylic acids is 1. The molecule has 100 valence electrons. The van der Waals surface area contributed by atoms with E-state index in [0.717, 1.165) is 5.69 Å². The highest BCUT2D eigenvalue weighted by Crippen LogP contribution is 2.26. The summed E-state index contributed by atoms with van der Waals surface area (Å²) in [6.07, 6.45) is 1.14. The fraction of sp³-hybridized carbons (Fsp3) is 0.429. The van der Waals surface area contributed by atoms with Crippen LogP contribution in [-0.2, 0) is 4.79 Å². The van der Waals surface area contributed by atoms with Crippen LogP contribution in [-0.4, -0.2) is 36.8 Å². The molecule has 0 spiro atoms. The maximum absolute atomic E-state index is 11.3. The molecule has 5 heteroatoms. The standard InChI is InChI=1S/C14H17N3O2/c1-16-14(13(18)19)6-8-17(9-7-14)12-4-2-11(10-15)3-5-12/h2-5,16H,6-9H2,1H3,(H,18,19). The number of anilines is 1. The van der Waals surface area contributed by atoms with Crippen LogP contribution in [0.1, 0.15) is 18.4 Å². The number of benzene rings is 1. The van der Waals surface area contributed by atoms with E-state index in [0.29, 0.717) is 31.5 Å². The average Bonchev–Trinajstić information content (AvgIpc) is 2.47. The van der Waals surface area contributed by atoms with E-state index in [1.165, 1.54) is 0 Å². The highest BCUT2D eigenvalue weighted by Gasteiger charge is 2.40. The van der Waals surface area contributed by atoms with E-state index >= 15 is 0 Å². The maximum atomic E-state index is 11.3. The number of nitrogens with one attached hydrogen (secondary N) is 1. The smallest absolute Gasteiger partial charge is 0.324 e. The molecule has 1 fully saturated rings. The summed E-state index contributed by atoms with van der Waals surface area (Å²) in [7, 11) is 1.70. The summed E-state index contributed by atoms with van der Waals surface area (Å²) in [5.74, 6) is -0.783. The molecular formula is C14H17N3O2. The number of hydrogen-bond donors (Lipinski definition) is 2. The Balaban J connectivity index is 2.07. The Bertz CT molecular complexity index is 496. The minimum atomic E-state index is -0.802. The van der Waals surface area contributed by atoms with Gasteiger partial charge in [-0.05, 0) is 44.2 Å². The lowest BCUT2D eigenvalue weighted by Crippen LogP contribution is -2.57. The predicted octanol–water partition coefficient (Wildman–Crippen LogP) is 1.20. The third-order valence-corrected chi connectivity index (χ3v) is 3.87. The maximum Gasteiger partial charge on any atom is 0.324 e. The lowest BCUT2D eigenvalue weighted by molar-refractivity contribution is -0.145. The summed E-state index contributed by atoms with van der Waals surface area (Å²) < 4.78 is 0. The van der Waals surface area contributed by atoms with Crippen LogP contribution in [0.5, 0.6) is 0 Å². The zero-order chi connectivity index (χ0) is 13.9. The van der Waals surface area contributed by atoms with Gasteiger partial charge in [-0.25, -0.2) is 0 Å². The van der Waals surface area contributed by atoms with E-state index < -0.39 is 11.5 Å². The van der Waals surface area contributed by atoms with E-state index in [2.05, 4.69) is 16.3 Å². The van der Waals surface area contributed by atoms with Crippen molar-refractivity contribution in [3.8, 4) is 6.07 Å². The number of carboxylic acid groups (broad SMARTS) is 1. The van der Waals surface area contributed by atoms with Gasteiger partial charge in [0.25, 0.3) is 0 Å². The predicted molar refractivity (Wildman–Crippen MR) is 72.0 cm³/mol. The largest absolute Gasteiger partial charge is 0.480 e. The first-order chi connectivity index (χ1) is 9.11. The molecule has 1 saturated heterocycles. The van der Waals surface area contributed by atoms with Gasteiger partial charge in [0, 0.05) is 18.8 Å². The topological polar surface area (TPSA) is 76.4 Å². The fourth-order valence-corrected chi connectivity index (χ4v) is 2.46. The molecule has 1 aromatic rings. The third-order valence-electron chi connectivity index (χ3n) is 3.87. The van der Waals surface area contributed by atoms with Gasteiger partial charge in [0.2, 0.25) is 0 Å². The summed E-state index contributed by atoms with van der Waals surface area (Å²) in [4.78, 5) is 13.5. The number of nitriles is 1. The summed E-state index contributed by atoms with van der Waals surface area (Å²) in [6, 6.07) is 9.47. The van der Waals surface area contributed by atoms with Crippen molar-refractivity contribution in [2.75, 3.05) is 25.0 Å². The van der Waals surface area contributed by atoms with E-state index in [1.807, 2.05) is 12.1 Å². The molecule has 0 amide bonds. The minimum absolute atomic E-state index is 0.568. The summed E-state index contributed by atoms with van der Waals surface area (Å²) >= 11 is 0. The van der Waals surface area contributed by atoms with Crippen LogP contribution in [0.15, 0.2) is 24.3 Å². The molecular weight excluding hydrogens is 242 g/mol. The molecule has 0 atom stereocenters. The fourth-order valence-electron chi connectivity index (χ4n) is 2.46. The molecule has 1 heterocycles. The third kappa shape index (κ3) is 2.54. The molecule has 1 aliphatic heterocycles. The van der Waals surface area contributed by atoms with Gasteiger partial charge in [-0.2, -0.15) is 5.26 Å². The average molecular weight is 259 g/mol. The van der Waals surface area contributed by atoms with E-state index in [1.54, 1.807) is 19.2 Å². The molecule has 2 N–H and O–H groups in total. The molecule has 1 aliphatic rings. The second-order valence-electron chi connectivity index (χ2n) is 4.78. The number of carboxylic acids is 1. The van der Waals surface area contributed by atoms with E-state index in [-0.39, 0.29) is 0 Å². The van der Waals surface area contributed by atoms with Crippen molar-refractivity contribution in [3.63, 3.8) is 0 Å². The van der Waals surface area contributed by atoms with E-state index in [9.17, 15) is 9.90 Å². The zero-order valence-electron chi connectivity index (χ0n) is 10.9. The van der Waals surface area contributed by atoms with Crippen molar-refractivity contribution >= 4 is 11.7 Å². The van der Waals surface area contributed by atoms with Crippen LogP contribution in [0.25, 0.3) is 0 Å². The monoisotopic (exact) mass is 259 g/mol. The Hall–Kier alpha value is -2.06. The number of hydrogen-bond acceptors (Lipinski definition) is 4. The van der Waals surface area contributed by atoms with Gasteiger partial charge >= 0.3 is 5.97 Å². The molecule has 1 aromatic carbocycles. The van der Waals surface area contributed by atoms with E-state index in [4.69, 9.17) is 5.26 Å². The second-order valence-corrected chi connectivity index (χ2v) is 4.78. The van der Waals surface area contributed by atoms with Gasteiger partial charge < -0.3 is 15.3 Å². The number of carbonyl (C=O) groups is 1. The van der Waals surface area contributed by atoms with Crippen molar-refractivity contribution in [3.05, 3.63) is 29.8 Å². The van der Waals surface area contributed by atoms with Gasteiger partial charge in [0.05, 0.1) is 11.6 Å². The first kappa shape index (κ1) is 13.4. The first-order valence-electron chi connectivity index (χ1n) is 6.29. The number of rotatable bonds is 3. The molecule has 0 aromatic heterocycles. The molecule has 0 bridgehead atoms. The summed E-state index contributed by atoms with van der Waals surface area (Å²) in [5, 5.41) is 21.0. The highest BCUT2D eigenvalue weighted by atomic mass is 16.4. The molecule has 2 rings (SSSR count). The van der Waals surface area contributed by atoms with Crippen LogP contribution in [0.3, 0.4) is 0 Å². The summed E-state index contributed by atoms with van der Waals surface area (Å²) in [6.45, 7) is 1.39. The van der Waals surface area contributed by atoms with Gasteiger partial charge in [0.1, 0.15) is 5.54 Å². The SMILES string of the molecule is CNC1(C(=O)O)CCN(c2ccc(C#N)cc2)CC1. The quantitative estimate of drug-likeness (QED) is 0.853. The zero-order valence-corrected chi connectivity index (χ0v) is 10.9. The van der Waals surface area contributed by atoms with Crippen LogP contribution in [0.4, 0.5) is 5.69 Å². The molecule has 0 radical (unpaired) electrons. The summed E-state index contributed by atoms with van der Waals surface area (Å²) in [5.41, 5.74) is 0.869. The van der Waals surface area contributed by atoms with Crippen molar-refractivity contribution in [1.82, 2.24) is 5.32 Å². The molecule has 19 heavy (non-hydrogen) atoms. The molecule has 0 unspecified atom stereocenters. The number of nitrogens with zero attached hydrogens (tertiary/aromatic N) is 2. The Morgan fingerprint density at radius 3 is 2.37 bits per heavy atom. The Morgan fingerprint density at radius 2 is 1.95 bits per heavy atom. The second kappa shape index (κ2) is 5.29. The first-order valence-corrected chi connectivity index (χ1v) is 6.29. The minimum Gasteiger partial charge on any atom is -0.480 e. The van der Waals surface area contributed by atoms with Crippen LogP contribution < -0.4 is 10.2 Å². The van der Waals surface area contributed by atoms with Gasteiger partial charge in [-0.3, -0.25) is 4.79 Å². The molecule has 0 saturated carbocycles. The lowest BCUT2D eigenvalue weighted by atomic mass is 9.87.